The summed E-state index contributed by atoms with van der Waals surface area (Å²) in [4.78, 5) is 18.8. The van der Waals surface area contributed by atoms with Gasteiger partial charge < -0.3 is 9.84 Å². The highest BCUT2D eigenvalue weighted by Crippen LogP contribution is 2.28. The van der Waals surface area contributed by atoms with Crippen LogP contribution in [0.3, 0.4) is 0 Å². The van der Waals surface area contributed by atoms with Crippen molar-refractivity contribution in [2.24, 2.45) is 7.05 Å². The van der Waals surface area contributed by atoms with Crippen molar-refractivity contribution in [2.75, 3.05) is 6.54 Å². The number of hydrogen-bond donors (Lipinski definition) is 1. The van der Waals surface area contributed by atoms with Gasteiger partial charge in [0.05, 0.1) is 30.5 Å². The monoisotopic (exact) mass is 392 g/mol. The normalized spacial score (nSPS) is 18.9. The minimum absolute atomic E-state index is 0.103. The van der Waals surface area contributed by atoms with Gasteiger partial charge >= 0.3 is 5.97 Å². The van der Waals surface area contributed by atoms with Crippen molar-refractivity contribution in [3.05, 3.63) is 34.0 Å². The van der Waals surface area contributed by atoms with Crippen molar-refractivity contribution in [2.45, 2.75) is 64.3 Å². The second-order valence-electron chi connectivity index (χ2n) is 7.41. The van der Waals surface area contributed by atoms with E-state index in [1.165, 1.54) is 11.3 Å². The summed E-state index contributed by atoms with van der Waals surface area (Å²) < 4.78 is 6.90. The Labute approximate surface area is 164 Å². The SMILES string of the molecule is CC(C)OC(=O)Cc1nc(CN2CCC[C@H]2C[C@H](O)c2cnn(C)c2)cs1. The van der Waals surface area contributed by atoms with E-state index in [0.29, 0.717) is 12.5 Å². The number of aromatic nitrogens is 3. The molecule has 27 heavy (non-hydrogen) atoms. The Hall–Kier alpha value is -1.77. The summed E-state index contributed by atoms with van der Waals surface area (Å²) in [5.74, 6) is -0.232. The van der Waals surface area contributed by atoms with Gasteiger partial charge in [0, 0.05) is 36.8 Å². The van der Waals surface area contributed by atoms with E-state index in [1.807, 2.05) is 32.5 Å². The van der Waals surface area contributed by atoms with E-state index < -0.39 is 6.10 Å². The second kappa shape index (κ2) is 8.95. The topological polar surface area (TPSA) is 80.5 Å². The summed E-state index contributed by atoms with van der Waals surface area (Å²) in [6.45, 7) is 5.45. The number of hydrogen-bond acceptors (Lipinski definition) is 7. The molecule has 2 aromatic rings. The molecule has 0 aromatic carbocycles. The quantitative estimate of drug-likeness (QED) is 0.695. The first-order valence-electron chi connectivity index (χ1n) is 9.44. The van der Waals surface area contributed by atoms with Gasteiger partial charge in [-0.1, -0.05) is 0 Å². The summed E-state index contributed by atoms with van der Waals surface area (Å²) >= 11 is 1.50. The molecule has 0 unspecified atom stereocenters. The molecule has 8 heteroatoms. The average molecular weight is 393 g/mol. The van der Waals surface area contributed by atoms with E-state index >= 15 is 0 Å². The van der Waals surface area contributed by atoms with Crippen LogP contribution in [0.1, 0.15) is 55.5 Å². The lowest BCUT2D eigenvalue weighted by Crippen LogP contribution is -2.30. The maximum atomic E-state index is 11.8. The van der Waals surface area contributed by atoms with Gasteiger partial charge in [0.25, 0.3) is 0 Å². The van der Waals surface area contributed by atoms with Gasteiger partial charge in [-0.05, 0) is 39.7 Å². The Morgan fingerprint density at radius 2 is 2.30 bits per heavy atom. The maximum Gasteiger partial charge on any atom is 0.312 e. The molecule has 0 amide bonds. The van der Waals surface area contributed by atoms with Crippen molar-refractivity contribution < 1.29 is 14.6 Å². The van der Waals surface area contributed by atoms with Crippen molar-refractivity contribution in [1.29, 1.82) is 0 Å². The van der Waals surface area contributed by atoms with Crippen molar-refractivity contribution in [3.8, 4) is 0 Å². The highest BCUT2D eigenvalue weighted by molar-refractivity contribution is 7.09. The van der Waals surface area contributed by atoms with E-state index in [-0.39, 0.29) is 18.5 Å². The third-order valence-electron chi connectivity index (χ3n) is 4.73. The van der Waals surface area contributed by atoms with E-state index in [1.54, 1.807) is 10.9 Å². The predicted octanol–water partition coefficient (Wildman–Crippen LogP) is 2.46. The Bertz CT molecular complexity index is 758. The van der Waals surface area contributed by atoms with Crippen molar-refractivity contribution >= 4 is 17.3 Å². The smallest absolute Gasteiger partial charge is 0.312 e. The highest BCUT2D eigenvalue weighted by Gasteiger charge is 2.28. The zero-order valence-corrected chi connectivity index (χ0v) is 17.0. The lowest BCUT2D eigenvalue weighted by Gasteiger charge is -2.25. The molecule has 0 spiro atoms. The largest absolute Gasteiger partial charge is 0.463 e. The molecule has 1 aliphatic rings. The lowest BCUT2D eigenvalue weighted by atomic mass is 10.0. The third-order valence-corrected chi connectivity index (χ3v) is 5.63. The van der Waals surface area contributed by atoms with Crippen molar-refractivity contribution in [1.82, 2.24) is 19.7 Å². The Morgan fingerprint density at radius 1 is 1.48 bits per heavy atom. The molecule has 1 fully saturated rings. The van der Waals surface area contributed by atoms with Crippen LogP contribution in [-0.4, -0.2) is 49.4 Å². The number of likely N-dealkylation sites (tertiary alicyclic amines) is 1. The lowest BCUT2D eigenvalue weighted by molar-refractivity contribution is -0.146. The Morgan fingerprint density at radius 3 is 3.00 bits per heavy atom. The first-order chi connectivity index (χ1) is 12.9. The molecule has 3 heterocycles. The van der Waals surface area contributed by atoms with Crippen LogP contribution in [0.25, 0.3) is 0 Å². The minimum atomic E-state index is -0.499. The van der Waals surface area contributed by atoms with Crippen molar-refractivity contribution in [3.63, 3.8) is 0 Å². The summed E-state index contributed by atoms with van der Waals surface area (Å²) in [7, 11) is 1.86. The predicted molar refractivity (Wildman–Crippen MR) is 103 cm³/mol. The van der Waals surface area contributed by atoms with Gasteiger partial charge in [-0.3, -0.25) is 14.4 Å². The van der Waals surface area contributed by atoms with Crippen LogP contribution in [0.4, 0.5) is 0 Å². The molecule has 2 aromatic heterocycles. The molecule has 2 atom stereocenters. The molecule has 3 rings (SSSR count). The van der Waals surface area contributed by atoms with E-state index in [9.17, 15) is 9.90 Å². The van der Waals surface area contributed by atoms with E-state index in [4.69, 9.17) is 4.74 Å². The van der Waals surface area contributed by atoms with Gasteiger partial charge in [-0.25, -0.2) is 4.98 Å². The molecule has 0 bridgehead atoms. The molecule has 0 saturated carbocycles. The standard InChI is InChI=1S/C19H28N4O3S/c1-13(2)26-19(25)8-18-21-15(12-27-18)11-23-6-4-5-16(23)7-17(24)14-9-20-22(3)10-14/h9-10,12-13,16-17,24H,4-8,11H2,1-3H3/t16-,17-/m0/s1. The highest BCUT2D eigenvalue weighted by atomic mass is 32.1. The van der Waals surface area contributed by atoms with Crippen LogP contribution in [0, 0.1) is 0 Å². The zero-order chi connectivity index (χ0) is 19.4. The summed E-state index contributed by atoms with van der Waals surface area (Å²) in [6, 6.07) is 0.330. The summed E-state index contributed by atoms with van der Waals surface area (Å²) in [6.07, 6.45) is 6.13. The number of rotatable bonds is 8. The van der Waals surface area contributed by atoms with Crippen LogP contribution in [0.5, 0.6) is 0 Å². The minimum Gasteiger partial charge on any atom is -0.463 e. The first-order valence-corrected chi connectivity index (χ1v) is 10.3. The molecule has 0 aliphatic carbocycles. The van der Waals surface area contributed by atoms with Crippen LogP contribution < -0.4 is 0 Å². The summed E-state index contributed by atoms with van der Waals surface area (Å²) in [5.41, 5.74) is 1.85. The number of nitrogens with zero attached hydrogens (tertiary/aromatic N) is 4. The van der Waals surface area contributed by atoms with Gasteiger partial charge in [0.15, 0.2) is 0 Å². The second-order valence-corrected chi connectivity index (χ2v) is 8.36. The number of esters is 1. The fourth-order valence-electron chi connectivity index (χ4n) is 3.52. The molecule has 1 N–H and O–H groups in total. The number of aryl methyl sites for hydroxylation is 1. The molecule has 1 aliphatic heterocycles. The van der Waals surface area contributed by atoms with Gasteiger partial charge in [0.2, 0.25) is 0 Å². The fraction of sp³-hybridized carbons (Fsp3) is 0.632. The zero-order valence-electron chi connectivity index (χ0n) is 16.2. The van der Waals surface area contributed by atoms with E-state index in [2.05, 4.69) is 15.0 Å². The van der Waals surface area contributed by atoms with E-state index in [0.717, 1.165) is 42.2 Å². The number of aliphatic hydroxyl groups excluding tert-OH is 1. The molecule has 7 nitrogen and oxygen atoms in total. The number of ether oxygens (including phenoxy) is 1. The maximum absolute atomic E-state index is 11.8. The first kappa shape index (κ1) is 20.0. The Balaban J connectivity index is 1.54. The van der Waals surface area contributed by atoms with Gasteiger partial charge in [-0.2, -0.15) is 5.10 Å². The van der Waals surface area contributed by atoms with Crippen LogP contribution in [0.15, 0.2) is 17.8 Å². The molecule has 0 radical (unpaired) electrons. The molecular weight excluding hydrogens is 364 g/mol. The molecule has 1 saturated heterocycles. The van der Waals surface area contributed by atoms with Gasteiger partial charge in [-0.15, -0.1) is 11.3 Å². The fourth-order valence-corrected chi connectivity index (χ4v) is 4.29. The Kier molecular flexibility index (Phi) is 6.62. The van der Waals surface area contributed by atoms with Crippen LogP contribution in [-0.2, 0) is 29.5 Å². The number of thiazole rings is 1. The summed E-state index contributed by atoms with van der Waals surface area (Å²) in [5, 5.41) is 17.5. The number of carbonyl (C=O) groups excluding carboxylic acids is 1. The van der Waals surface area contributed by atoms with Crippen LogP contribution in [0.2, 0.25) is 0 Å². The molecule has 148 valence electrons. The van der Waals surface area contributed by atoms with Crippen LogP contribution >= 0.6 is 11.3 Å². The third kappa shape index (κ3) is 5.60. The number of aliphatic hydroxyl groups is 1. The van der Waals surface area contributed by atoms with Gasteiger partial charge in [0.1, 0.15) is 5.01 Å². The average Bonchev–Trinajstić information content (AvgIpc) is 3.30. The number of carbonyl (C=O) groups is 1. The molecular formula is C19H28N4O3S.